The van der Waals surface area contributed by atoms with Gasteiger partial charge in [0, 0.05) is 13.1 Å². The molecule has 0 bridgehead atoms. The largest absolute Gasteiger partial charge is 0.243 e. The van der Waals surface area contributed by atoms with E-state index >= 15 is 0 Å². The van der Waals surface area contributed by atoms with E-state index in [2.05, 4.69) is 6.92 Å². The predicted octanol–water partition coefficient (Wildman–Crippen LogP) is 3.15. The first-order chi connectivity index (χ1) is 10.1. The Morgan fingerprint density at radius 1 is 1.33 bits per heavy atom. The molecule has 1 unspecified atom stereocenters. The van der Waals surface area contributed by atoms with Gasteiger partial charge >= 0.3 is 0 Å². The molecule has 0 aliphatic carbocycles. The van der Waals surface area contributed by atoms with Crippen molar-refractivity contribution in [1.82, 2.24) is 4.31 Å². The number of nitriles is 1. The summed E-state index contributed by atoms with van der Waals surface area (Å²) in [6.45, 7) is 3.34. The quantitative estimate of drug-likeness (QED) is 0.858. The lowest BCUT2D eigenvalue weighted by molar-refractivity contribution is 0.400. The van der Waals surface area contributed by atoms with E-state index < -0.39 is 10.0 Å². The molecule has 2 rings (SSSR count). The SMILES string of the molecule is CCCC1CCCN(S(=O)(=O)c2cccc(C#N)c2)CC1. The predicted molar refractivity (Wildman–Crippen MR) is 82.2 cm³/mol. The van der Waals surface area contributed by atoms with Crippen molar-refractivity contribution in [2.75, 3.05) is 13.1 Å². The normalized spacial score (nSPS) is 20.7. The summed E-state index contributed by atoms with van der Waals surface area (Å²) >= 11 is 0. The minimum absolute atomic E-state index is 0.232. The van der Waals surface area contributed by atoms with Crippen LogP contribution >= 0.6 is 0 Å². The number of sulfonamides is 1. The van der Waals surface area contributed by atoms with Crippen LogP contribution in [0.5, 0.6) is 0 Å². The van der Waals surface area contributed by atoms with Crippen molar-refractivity contribution in [3.8, 4) is 6.07 Å². The molecule has 0 spiro atoms. The van der Waals surface area contributed by atoms with Crippen LogP contribution in [-0.2, 0) is 10.0 Å². The van der Waals surface area contributed by atoms with Gasteiger partial charge in [-0.2, -0.15) is 9.57 Å². The highest BCUT2D eigenvalue weighted by molar-refractivity contribution is 7.89. The van der Waals surface area contributed by atoms with Gasteiger partial charge in [-0.05, 0) is 43.4 Å². The van der Waals surface area contributed by atoms with Gasteiger partial charge in [-0.1, -0.05) is 25.8 Å². The lowest BCUT2D eigenvalue weighted by atomic mass is 9.96. The third-order valence-electron chi connectivity index (χ3n) is 4.10. The fourth-order valence-corrected chi connectivity index (χ4v) is 4.49. The van der Waals surface area contributed by atoms with E-state index in [4.69, 9.17) is 5.26 Å². The molecule has 1 fully saturated rings. The summed E-state index contributed by atoms with van der Waals surface area (Å²) in [5, 5.41) is 8.92. The zero-order valence-corrected chi connectivity index (χ0v) is 13.3. The molecule has 1 aliphatic heterocycles. The van der Waals surface area contributed by atoms with E-state index in [-0.39, 0.29) is 4.90 Å². The zero-order chi connectivity index (χ0) is 15.3. The maximum absolute atomic E-state index is 12.7. The molecule has 114 valence electrons. The van der Waals surface area contributed by atoms with Crippen molar-refractivity contribution < 1.29 is 8.42 Å². The Balaban J connectivity index is 2.17. The third kappa shape index (κ3) is 3.84. The smallest absolute Gasteiger partial charge is 0.207 e. The first-order valence-corrected chi connectivity index (χ1v) is 9.02. The molecule has 4 nitrogen and oxygen atoms in total. The van der Waals surface area contributed by atoms with Crippen LogP contribution in [0.15, 0.2) is 29.2 Å². The molecule has 0 saturated carbocycles. The van der Waals surface area contributed by atoms with E-state index in [0.29, 0.717) is 24.6 Å². The molecule has 1 aliphatic rings. The van der Waals surface area contributed by atoms with Crippen LogP contribution in [0.1, 0.15) is 44.6 Å². The van der Waals surface area contributed by atoms with Gasteiger partial charge in [0.15, 0.2) is 0 Å². The Morgan fingerprint density at radius 3 is 2.86 bits per heavy atom. The number of rotatable bonds is 4. The van der Waals surface area contributed by atoms with Crippen molar-refractivity contribution in [2.45, 2.75) is 43.9 Å². The fraction of sp³-hybridized carbons (Fsp3) is 0.562. The highest BCUT2D eigenvalue weighted by atomic mass is 32.2. The molecule has 1 saturated heterocycles. The number of benzene rings is 1. The number of nitrogens with zero attached hydrogens (tertiary/aromatic N) is 2. The van der Waals surface area contributed by atoms with Crippen molar-refractivity contribution in [3.05, 3.63) is 29.8 Å². The molecule has 0 aromatic heterocycles. The minimum atomic E-state index is -3.47. The molecule has 21 heavy (non-hydrogen) atoms. The monoisotopic (exact) mass is 306 g/mol. The second-order valence-corrected chi connectivity index (χ2v) is 7.57. The van der Waals surface area contributed by atoms with Crippen LogP contribution in [0.3, 0.4) is 0 Å². The lowest BCUT2D eigenvalue weighted by Gasteiger charge is -2.20. The van der Waals surface area contributed by atoms with Crippen LogP contribution in [0.4, 0.5) is 0 Å². The molecule has 5 heteroatoms. The summed E-state index contributed by atoms with van der Waals surface area (Å²) in [6, 6.07) is 8.28. The summed E-state index contributed by atoms with van der Waals surface area (Å²) < 4.78 is 27.0. The van der Waals surface area contributed by atoms with Gasteiger partial charge < -0.3 is 0 Å². The summed E-state index contributed by atoms with van der Waals surface area (Å²) in [5.74, 6) is 0.639. The third-order valence-corrected chi connectivity index (χ3v) is 6.00. The van der Waals surface area contributed by atoms with Crippen LogP contribution in [0.25, 0.3) is 0 Å². The minimum Gasteiger partial charge on any atom is -0.207 e. The number of hydrogen-bond donors (Lipinski definition) is 0. The highest BCUT2D eigenvalue weighted by Crippen LogP contribution is 2.26. The van der Waals surface area contributed by atoms with Crippen molar-refractivity contribution in [3.63, 3.8) is 0 Å². The Labute approximate surface area is 127 Å². The molecule has 0 amide bonds. The summed E-state index contributed by atoms with van der Waals surface area (Å²) in [5.41, 5.74) is 0.384. The topological polar surface area (TPSA) is 61.2 Å². The van der Waals surface area contributed by atoms with Gasteiger partial charge in [0.05, 0.1) is 16.5 Å². The average molecular weight is 306 g/mol. The van der Waals surface area contributed by atoms with Gasteiger partial charge in [-0.15, -0.1) is 0 Å². The second-order valence-electron chi connectivity index (χ2n) is 5.63. The molecule has 1 aromatic rings. The highest BCUT2D eigenvalue weighted by Gasteiger charge is 2.27. The Morgan fingerprint density at radius 2 is 2.14 bits per heavy atom. The van der Waals surface area contributed by atoms with E-state index in [1.165, 1.54) is 12.5 Å². The van der Waals surface area contributed by atoms with Crippen LogP contribution in [0.2, 0.25) is 0 Å². The molecule has 0 radical (unpaired) electrons. The van der Waals surface area contributed by atoms with Gasteiger partial charge in [0.1, 0.15) is 0 Å². The van der Waals surface area contributed by atoms with Crippen molar-refractivity contribution in [1.29, 1.82) is 5.26 Å². The molecule has 1 aromatic carbocycles. The summed E-state index contributed by atoms with van der Waals surface area (Å²) in [7, 11) is -3.47. The fourth-order valence-electron chi connectivity index (χ4n) is 2.95. The molecule has 1 heterocycles. The Kier molecular flexibility index (Phi) is 5.38. The average Bonchev–Trinajstić information content (AvgIpc) is 2.74. The zero-order valence-electron chi connectivity index (χ0n) is 12.5. The van der Waals surface area contributed by atoms with Gasteiger partial charge in [0.25, 0.3) is 0 Å². The first kappa shape index (κ1) is 16.0. The van der Waals surface area contributed by atoms with E-state index in [0.717, 1.165) is 25.7 Å². The molecule has 0 N–H and O–H groups in total. The summed E-state index contributed by atoms with van der Waals surface area (Å²) in [4.78, 5) is 0.232. The van der Waals surface area contributed by atoms with E-state index in [1.54, 1.807) is 22.5 Å². The maximum Gasteiger partial charge on any atom is 0.243 e. The van der Waals surface area contributed by atoms with Gasteiger partial charge in [-0.25, -0.2) is 8.42 Å². The van der Waals surface area contributed by atoms with Gasteiger partial charge in [0.2, 0.25) is 10.0 Å². The van der Waals surface area contributed by atoms with Crippen molar-refractivity contribution in [2.24, 2.45) is 5.92 Å². The van der Waals surface area contributed by atoms with E-state index in [9.17, 15) is 8.42 Å². The summed E-state index contributed by atoms with van der Waals surface area (Å²) in [6.07, 6.45) is 5.30. The second kappa shape index (κ2) is 7.06. The molecule has 1 atom stereocenters. The maximum atomic E-state index is 12.7. The first-order valence-electron chi connectivity index (χ1n) is 7.58. The Hall–Kier alpha value is -1.38. The standard InChI is InChI=1S/C16H22N2O2S/c1-2-5-14-7-4-10-18(11-9-14)21(19,20)16-8-3-6-15(12-16)13-17/h3,6,8,12,14H,2,4-5,7,9-11H2,1H3. The molecular formula is C16H22N2O2S. The van der Waals surface area contributed by atoms with Crippen LogP contribution < -0.4 is 0 Å². The van der Waals surface area contributed by atoms with E-state index in [1.807, 2.05) is 6.07 Å². The molecular weight excluding hydrogens is 284 g/mol. The Bertz CT molecular complexity index is 619. The number of hydrogen-bond acceptors (Lipinski definition) is 3. The van der Waals surface area contributed by atoms with Crippen LogP contribution in [0, 0.1) is 17.2 Å². The van der Waals surface area contributed by atoms with Gasteiger partial charge in [-0.3, -0.25) is 0 Å². The lowest BCUT2D eigenvalue weighted by Crippen LogP contribution is -2.32. The van der Waals surface area contributed by atoms with Crippen LogP contribution in [-0.4, -0.2) is 25.8 Å². The van der Waals surface area contributed by atoms with Crippen molar-refractivity contribution >= 4 is 10.0 Å².